The average Bonchev–Trinajstić information content (AvgIpc) is 2.74. The highest BCUT2D eigenvalue weighted by Gasteiger charge is 2.21. The van der Waals surface area contributed by atoms with E-state index in [4.69, 9.17) is 16.3 Å². The standard InChI is InChI=1S/C20H13ClN4O6/c21-15-6-4-14(5-7-15)20(26)23-22-12-13-2-1-3-17(10-13)31-19-9-8-16(24(27)28)11-18(19)25(29)30/h1-12H,(H,23,26)/b22-12+. The summed E-state index contributed by atoms with van der Waals surface area (Å²) in [7, 11) is 0. The van der Waals surface area contributed by atoms with Crippen LogP contribution in [0.3, 0.4) is 0 Å². The van der Waals surface area contributed by atoms with Gasteiger partial charge in [-0.3, -0.25) is 25.0 Å². The summed E-state index contributed by atoms with van der Waals surface area (Å²) >= 11 is 5.78. The van der Waals surface area contributed by atoms with Gasteiger partial charge in [0.25, 0.3) is 11.6 Å². The first-order chi connectivity index (χ1) is 14.8. The van der Waals surface area contributed by atoms with Crippen molar-refractivity contribution in [1.29, 1.82) is 0 Å². The lowest BCUT2D eigenvalue weighted by Crippen LogP contribution is -2.17. The molecule has 1 amide bonds. The fraction of sp³-hybridized carbons (Fsp3) is 0. The molecule has 0 aliphatic rings. The first-order valence-corrected chi connectivity index (χ1v) is 9.01. The van der Waals surface area contributed by atoms with E-state index in [1.165, 1.54) is 12.3 Å². The molecule has 31 heavy (non-hydrogen) atoms. The number of rotatable bonds is 7. The lowest BCUT2D eigenvalue weighted by atomic mass is 10.2. The van der Waals surface area contributed by atoms with E-state index in [-0.39, 0.29) is 11.5 Å². The molecule has 3 rings (SSSR count). The summed E-state index contributed by atoms with van der Waals surface area (Å²) in [6.45, 7) is 0. The van der Waals surface area contributed by atoms with Crippen molar-refractivity contribution in [2.75, 3.05) is 0 Å². The van der Waals surface area contributed by atoms with Crippen LogP contribution in [0.25, 0.3) is 0 Å². The largest absolute Gasteiger partial charge is 0.450 e. The molecule has 11 heteroatoms. The van der Waals surface area contributed by atoms with E-state index in [9.17, 15) is 25.0 Å². The summed E-state index contributed by atoms with van der Waals surface area (Å²) in [5.74, 6) is -0.340. The molecule has 156 valence electrons. The third-order valence-corrected chi connectivity index (χ3v) is 4.17. The third kappa shape index (κ3) is 5.61. The number of amides is 1. The van der Waals surface area contributed by atoms with Crippen LogP contribution in [0.15, 0.2) is 71.8 Å². The van der Waals surface area contributed by atoms with Gasteiger partial charge in [-0.05, 0) is 48.0 Å². The van der Waals surface area contributed by atoms with Crippen LogP contribution in [-0.4, -0.2) is 22.0 Å². The van der Waals surface area contributed by atoms with Crippen LogP contribution in [0.2, 0.25) is 5.02 Å². The van der Waals surface area contributed by atoms with Gasteiger partial charge in [0.2, 0.25) is 5.75 Å². The number of benzene rings is 3. The number of carbonyl (C=O) groups is 1. The molecule has 0 aromatic heterocycles. The smallest absolute Gasteiger partial charge is 0.318 e. The number of nitrogens with one attached hydrogen (secondary N) is 1. The van der Waals surface area contributed by atoms with Crippen LogP contribution < -0.4 is 10.2 Å². The maximum atomic E-state index is 12.0. The quantitative estimate of drug-likeness (QED) is 0.320. The van der Waals surface area contributed by atoms with Gasteiger partial charge in [-0.25, -0.2) is 5.43 Å². The Hall–Kier alpha value is -4.31. The second kappa shape index (κ2) is 9.46. The van der Waals surface area contributed by atoms with E-state index in [0.717, 1.165) is 18.2 Å². The number of hydrazone groups is 1. The van der Waals surface area contributed by atoms with Crippen LogP contribution in [0.4, 0.5) is 11.4 Å². The van der Waals surface area contributed by atoms with E-state index in [1.807, 2.05) is 0 Å². The Kier molecular flexibility index (Phi) is 6.53. The summed E-state index contributed by atoms with van der Waals surface area (Å²) in [6.07, 6.45) is 1.37. The van der Waals surface area contributed by atoms with Crippen LogP contribution >= 0.6 is 11.6 Å². The van der Waals surface area contributed by atoms with Crippen LogP contribution in [-0.2, 0) is 0 Å². The number of hydrogen-bond acceptors (Lipinski definition) is 7. The Morgan fingerprint density at radius 1 is 1.00 bits per heavy atom. The van der Waals surface area contributed by atoms with Gasteiger partial charge >= 0.3 is 5.69 Å². The normalized spacial score (nSPS) is 10.6. The van der Waals surface area contributed by atoms with E-state index >= 15 is 0 Å². The van der Waals surface area contributed by atoms with Crippen LogP contribution in [0.5, 0.6) is 11.5 Å². The molecule has 0 atom stereocenters. The Balaban J connectivity index is 1.72. The Morgan fingerprint density at radius 2 is 1.74 bits per heavy atom. The van der Waals surface area contributed by atoms with Crippen LogP contribution in [0, 0.1) is 20.2 Å². The number of nitro benzene ring substituents is 2. The average molecular weight is 441 g/mol. The molecule has 3 aromatic rings. The Bertz CT molecular complexity index is 1180. The van der Waals surface area contributed by atoms with Gasteiger partial charge < -0.3 is 4.74 Å². The molecule has 0 heterocycles. The number of nitro groups is 2. The second-order valence-electron chi connectivity index (χ2n) is 6.05. The van der Waals surface area contributed by atoms with Gasteiger partial charge in [0.1, 0.15) is 5.75 Å². The lowest BCUT2D eigenvalue weighted by Gasteiger charge is -2.07. The zero-order valence-electron chi connectivity index (χ0n) is 15.6. The van der Waals surface area contributed by atoms with Crippen molar-refractivity contribution in [2.45, 2.75) is 0 Å². The first-order valence-electron chi connectivity index (χ1n) is 8.63. The van der Waals surface area contributed by atoms with Gasteiger partial charge in [-0.2, -0.15) is 5.10 Å². The summed E-state index contributed by atoms with van der Waals surface area (Å²) in [5.41, 5.74) is 2.33. The number of halogens is 1. The minimum Gasteiger partial charge on any atom is -0.450 e. The van der Waals surface area contributed by atoms with Crippen molar-refractivity contribution in [3.63, 3.8) is 0 Å². The zero-order valence-corrected chi connectivity index (χ0v) is 16.4. The molecule has 3 aromatic carbocycles. The topological polar surface area (TPSA) is 137 Å². The fourth-order valence-corrected chi connectivity index (χ4v) is 2.59. The van der Waals surface area contributed by atoms with Gasteiger partial charge in [0.15, 0.2) is 0 Å². The summed E-state index contributed by atoms with van der Waals surface area (Å²) in [6, 6.07) is 15.7. The molecule has 1 N–H and O–H groups in total. The highest BCUT2D eigenvalue weighted by molar-refractivity contribution is 6.30. The monoisotopic (exact) mass is 440 g/mol. The minimum absolute atomic E-state index is 0.152. The molecular weight excluding hydrogens is 428 g/mol. The highest BCUT2D eigenvalue weighted by atomic mass is 35.5. The number of ether oxygens (including phenoxy) is 1. The van der Waals surface area contributed by atoms with Crippen molar-refractivity contribution < 1.29 is 19.4 Å². The van der Waals surface area contributed by atoms with Crippen molar-refractivity contribution in [1.82, 2.24) is 5.43 Å². The molecule has 10 nitrogen and oxygen atoms in total. The molecule has 0 unspecified atom stereocenters. The summed E-state index contributed by atoms with van der Waals surface area (Å²) < 4.78 is 5.53. The van der Waals surface area contributed by atoms with Gasteiger partial charge in [-0.1, -0.05) is 23.7 Å². The predicted octanol–water partition coefficient (Wildman–Crippen LogP) is 4.71. The molecule has 0 spiro atoms. The van der Waals surface area contributed by atoms with E-state index < -0.39 is 27.1 Å². The SMILES string of the molecule is O=C(N/N=C/c1cccc(Oc2ccc([N+](=O)[O-])cc2[N+](=O)[O-])c1)c1ccc(Cl)cc1. The summed E-state index contributed by atoms with van der Waals surface area (Å²) in [5, 5.41) is 26.4. The first kappa shape index (κ1) is 21.4. The fourth-order valence-electron chi connectivity index (χ4n) is 2.46. The van der Waals surface area contributed by atoms with Crippen molar-refractivity contribution in [3.05, 3.63) is 103 Å². The van der Waals surface area contributed by atoms with Gasteiger partial charge in [-0.15, -0.1) is 0 Å². The van der Waals surface area contributed by atoms with E-state index in [0.29, 0.717) is 16.1 Å². The number of hydrogen-bond donors (Lipinski definition) is 1. The molecule has 0 aliphatic heterocycles. The third-order valence-electron chi connectivity index (χ3n) is 3.92. The number of non-ortho nitro benzene ring substituents is 1. The molecule has 0 bridgehead atoms. The van der Waals surface area contributed by atoms with Crippen molar-refractivity contribution in [3.8, 4) is 11.5 Å². The van der Waals surface area contributed by atoms with Gasteiger partial charge in [0.05, 0.1) is 22.1 Å². The maximum Gasteiger partial charge on any atom is 0.318 e. The van der Waals surface area contributed by atoms with E-state index in [2.05, 4.69) is 10.5 Å². The molecule has 0 aliphatic carbocycles. The molecule has 0 fully saturated rings. The Labute approximate surface area is 180 Å². The Morgan fingerprint density at radius 3 is 2.42 bits per heavy atom. The molecular formula is C20H13ClN4O6. The van der Waals surface area contributed by atoms with Crippen molar-refractivity contribution in [2.24, 2.45) is 5.10 Å². The predicted molar refractivity (Wildman–Crippen MR) is 113 cm³/mol. The van der Waals surface area contributed by atoms with Crippen LogP contribution in [0.1, 0.15) is 15.9 Å². The molecule has 0 radical (unpaired) electrons. The van der Waals surface area contributed by atoms with Gasteiger partial charge in [0, 0.05) is 16.7 Å². The maximum absolute atomic E-state index is 12.0. The number of carbonyl (C=O) groups excluding carboxylic acids is 1. The molecule has 0 saturated carbocycles. The molecule has 0 saturated heterocycles. The summed E-state index contributed by atoms with van der Waals surface area (Å²) in [4.78, 5) is 32.6. The zero-order chi connectivity index (χ0) is 22.4. The minimum atomic E-state index is -0.764. The second-order valence-corrected chi connectivity index (χ2v) is 6.48. The van der Waals surface area contributed by atoms with Crippen molar-refractivity contribution >= 4 is 35.1 Å². The highest BCUT2D eigenvalue weighted by Crippen LogP contribution is 2.34. The van der Waals surface area contributed by atoms with E-state index in [1.54, 1.807) is 42.5 Å². The number of nitrogens with zero attached hydrogens (tertiary/aromatic N) is 3. The lowest BCUT2D eigenvalue weighted by molar-refractivity contribution is -0.394.